The number of methoxy groups -OCH3 is 2. The highest BCUT2D eigenvalue weighted by molar-refractivity contribution is 6.07. The number of nitrogens with one attached hydrogen (secondary N) is 2. The third-order valence-electron chi connectivity index (χ3n) is 4.61. The van der Waals surface area contributed by atoms with Gasteiger partial charge in [0.05, 0.1) is 14.2 Å². The molecular weight excluding hydrogens is 374 g/mol. The number of carbonyl (C=O) groups excluding carboxylic acids is 3. The molecule has 1 fully saturated rings. The molecule has 8 heteroatoms. The first-order valence-corrected chi connectivity index (χ1v) is 9.19. The normalized spacial score (nSPS) is 15.8. The molecule has 1 unspecified atom stereocenters. The molecule has 0 spiro atoms. The molecule has 3 rings (SSSR count). The van der Waals surface area contributed by atoms with Gasteiger partial charge in [-0.05, 0) is 18.4 Å². The molecule has 1 aliphatic rings. The number of hydrogen-bond acceptors (Lipinski definition) is 5. The van der Waals surface area contributed by atoms with Gasteiger partial charge in [0.15, 0.2) is 0 Å². The second-order valence-corrected chi connectivity index (χ2v) is 6.60. The number of nitrogens with zero attached hydrogens (tertiary/aromatic N) is 1. The van der Waals surface area contributed by atoms with E-state index < -0.39 is 23.9 Å². The Balaban J connectivity index is 1.59. The van der Waals surface area contributed by atoms with Gasteiger partial charge in [-0.1, -0.05) is 30.3 Å². The number of urea groups is 1. The van der Waals surface area contributed by atoms with E-state index in [0.29, 0.717) is 30.0 Å². The number of anilines is 1. The van der Waals surface area contributed by atoms with Gasteiger partial charge in [0.2, 0.25) is 5.91 Å². The zero-order chi connectivity index (χ0) is 20.8. The molecule has 1 saturated heterocycles. The summed E-state index contributed by atoms with van der Waals surface area (Å²) in [6.45, 7) is -0.369. The Labute approximate surface area is 168 Å². The monoisotopic (exact) mass is 397 g/mol. The van der Waals surface area contributed by atoms with Crippen LogP contribution >= 0.6 is 0 Å². The summed E-state index contributed by atoms with van der Waals surface area (Å²) < 4.78 is 10.3. The summed E-state index contributed by atoms with van der Waals surface area (Å²) in [5.74, 6) is 0.128. The summed E-state index contributed by atoms with van der Waals surface area (Å²) in [6.07, 6.45) is 1.13. The van der Waals surface area contributed by atoms with Gasteiger partial charge in [-0.15, -0.1) is 0 Å². The van der Waals surface area contributed by atoms with Crippen molar-refractivity contribution < 1.29 is 23.9 Å². The molecule has 0 saturated carbocycles. The van der Waals surface area contributed by atoms with Crippen LogP contribution in [0.4, 0.5) is 10.5 Å². The third-order valence-corrected chi connectivity index (χ3v) is 4.61. The highest BCUT2D eigenvalue weighted by Gasteiger charge is 2.38. The van der Waals surface area contributed by atoms with Crippen LogP contribution in [0.2, 0.25) is 0 Å². The topological polar surface area (TPSA) is 97.0 Å². The van der Waals surface area contributed by atoms with Crippen LogP contribution in [0, 0.1) is 0 Å². The van der Waals surface area contributed by atoms with Crippen LogP contribution in [0.5, 0.6) is 11.5 Å². The quantitative estimate of drug-likeness (QED) is 0.666. The molecule has 8 nitrogen and oxygen atoms in total. The maximum Gasteiger partial charge on any atom is 0.325 e. The second-order valence-electron chi connectivity index (χ2n) is 6.60. The van der Waals surface area contributed by atoms with Gasteiger partial charge in [0.25, 0.3) is 5.91 Å². The first-order valence-electron chi connectivity index (χ1n) is 9.19. The van der Waals surface area contributed by atoms with Gasteiger partial charge in [0.1, 0.15) is 24.1 Å². The van der Waals surface area contributed by atoms with Crippen molar-refractivity contribution in [1.82, 2.24) is 10.2 Å². The number of amides is 4. The predicted octanol–water partition coefficient (Wildman–Crippen LogP) is 2.20. The van der Waals surface area contributed by atoms with E-state index in [1.165, 1.54) is 14.2 Å². The van der Waals surface area contributed by atoms with E-state index >= 15 is 0 Å². The lowest BCUT2D eigenvalue weighted by molar-refractivity contribution is -0.130. The van der Waals surface area contributed by atoms with Crippen LogP contribution in [0.3, 0.4) is 0 Å². The molecule has 4 amide bonds. The smallest absolute Gasteiger partial charge is 0.325 e. The number of benzene rings is 2. The summed E-state index contributed by atoms with van der Waals surface area (Å²) in [4.78, 5) is 38.0. The van der Waals surface area contributed by atoms with Crippen LogP contribution in [-0.2, 0) is 16.0 Å². The Morgan fingerprint density at radius 2 is 1.72 bits per heavy atom. The lowest BCUT2D eigenvalue weighted by atomic mass is 10.1. The van der Waals surface area contributed by atoms with E-state index in [4.69, 9.17) is 9.47 Å². The third kappa shape index (κ3) is 5.04. The molecule has 29 heavy (non-hydrogen) atoms. The molecule has 0 radical (unpaired) electrons. The van der Waals surface area contributed by atoms with Gasteiger partial charge in [-0.25, -0.2) is 4.79 Å². The maximum atomic E-state index is 12.5. The molecule has 2 N–H and O–H groups in total. The average Bonchev–Trinajstić information content (AvgIpc) is 3.00. The van der Waals surface area contributed by atoms with Crippen molar-refractivity contribution in [3.63, 3.8) is 0 Å². The summed E-state index contributed by atoms with van der Waals surface area (Å²) in [7, 11) is 3.01. The number of imide groups is 1. The second kappa shape index (κ2) is 9.09. The van der Waals surface area contributed by atoms with Crippen LogP contribution < -0.4 is 20.1 Å². The van der Waals surface area contributed by atoms with Gasteiger partial charge in [-0.3, -0.25) is 14.5 Å². The number of rotatable bonds is 8. The Hall–Kier alpha value is -3.55. The fourth-order valence-corrected chi connectivity index (χ4v) is 3.10. The van der Waals surface area contributed by atoms with Gasteiger partial charge in [-0.2, -0.15) is 0 Å². The number of hydrogen-bond donors (Lipinski definition) is 2. The molecule has 2 aromatic rings. The van der Waals surface area contributed by atoms with Crippen molar-refractivity contribution in [2.45, 2.75) is 18.9 Å². The minimum atomic E-state index is -0.632. The largest absolute Gasteiger partial charge is 0.497 e. The zero-order valence-corrected chi connectivity index (χ0v) is 16.3. The summed E-state index contributed by atoms with van der Waals surface area (Å²) >= 11 is 0. The van der Waals surface area contributed by atoms with Crippen molar-refractivity contribution in [2.24, 2.45) is 0 Å². The SMILES string of the molecule is COc1cc(NC(=O)CN2C(=O)NC(CCc3ccccc3)C2=O)cc(OC)c1. The lowest BCUT2D eigenvalue weighted by Gasteiger charge is -2.14. The fraction of sp³-hybridized carbons (Fsp3) is 0.286. The van der Waals surface area contributed by atoms with Crippen LogP contribution in [0.15, 0.2) is 48.5 Å². The number of ether oxygens (including phenoxy) is 2. The molecule has 152 valence electrons. The van der Waals surface area contributed by atoms with Crippen LogP contribution in [0.25, 0.3) is 0 Å². The first kappa shape index (κ1) is 20.2. The zero-order valence-electron chi connectivity index (χ0n) is 16.3. The Bertz CT molecular complexity index is 878. The van der Waals surface area contributed by atoms with Crippen molar-refractivity contribution in [3.05, 3.63) is 54.1 Å². The summed E-state index contributed by atoms with van der Waals surface area (Å²) in [5, 5.41) is 5.31. The van der Waals surface area contributed by atoms with Crippen LogP contribution in [0.1, 0.15) is 12.0 Å². The molecule has 0 bridgehead atoms. The Morgan fingerprint density at radius 3 is 2.34 bits per heavy atom. The molecule has 1 aliphatic heterocycles. The molecule has 1 heterocycles. The number of carbonyl (C=O) groups is 3. The van der Waals surface area contributed by atoms with Crippen molar-refractivity contribution in [1.29, 1.82) is 0 Å². The standard InChI is InChI=1S/C21H23N3O5/c1-28-16-10-15(11-17(12-16)29-2)22-19(25)13-24-20(26)18(23-21(24)27)9-8-14-6-4-3-5-7-14/h3-7,10-12,18H,8-9,13H2,1-2H3,(H,22,25)(H,23,27). The number of aryl methyl sites for hydroxylation is 1. The predicted molar refractivity (Wildman–Crippen MR) is 107 cm³/mol. The molecular formula is C21H23N3O5. The van der Waals surface area contributed by atoms with Crippen molar-refractivity contribution in [3.8, 4) is 11.5 Å². The van der Waals surface area contributed by atoms with E-state index in [0.717, 1.165) is 10.5 Å². The maximum absolute atomic E-state index is 12.5. The molecule has 0 aliphatic carbocycles. The highest BCUT2D eigenvalue weighted by Crippen LogP contribution is 2.25. The summed E-state index contributed by atoms with van der Waals surface area (Å²) in [6, 6.07) is 13.4. The van der Waals surface area contributed by atoms with Crippen molar-refractivity contribution in [2.75, 3.05) is 26.1 Å². The lowest BCUT2D eigenvalue weighted by Crippen LogP contribution is -2.38. The molecule has 0 aromatic heterocycles. The Kier molecular flexibility index (Phi) is 6.33. The molecule has 1 atom stereocenters. The van der Waals surface area contributed by atoms with E-state index in [9.17, 15) is 14.4 Å². The fourth-order valence-electron chi connectivity index (χ4n) is 3.10. The minimum absolute atomic E-state index is 0.369. The van der Waals surface area contributed by atoms with E-state index in [2.05, 4.69) is 10.6 Å². The van der Waals surface area contributed by atoms with Gasteiger partial charge >= 0.3 is 6.03 Å². The van der Waals surface area contributed by atoms with Crippen LogP contribution in [-0.4, -0.2) is 49.6 Å². The summed E-state index contributed by atoms with van der Waals surface area (Å²) in [5.41, 5.74) is 1.52. The Morgan fingerprint density at radius 1 is 1.07 bits per heavy atom. The minimum Gasteiger partial charge on any atom is -0.497 e. The van der Waals surface area contributed by atoms with E-state index in [1.54, 1.807) is 18.2 Å². The average molecular weight is 397 g/mol. The first-order chi connectivity index (χ1) is 14.0. The van der Waals surface area contributed by atoms with E-state index in [-0.39, 0.29) is 6.54 Å². The highest BCUT2D eigenvalue weighted by atomic mass is 16.5. The van der Waals surface area contributed by atoms with E-state index in [1.807, 2.05) is 30.3 Å². The van der Waals surface area contributed by atoms with Gasteiger partial charge in [0, 0.05) is 23.9 Å². The van der Waals surface area contributed by atoms with Gasteiger partial charge < -0.3 is 20.1 Å². The molecule has 2 aromatic carbocycles. The van der Waals surface area contributed by atoms with Crippen molar-refractivity contribution >= 4 is 23.5 Å².